The van der Waals surface area contributed by atoms with Crippen molar-refractivity contribution in [1.82, 2.24) is 15.0 Å². The molecule has 2 aromatic carbocycles. The van der Waals surface area contributed by atoms with E-state index in [1.807, 2.05) is 37.3 Å². The molecule has 3 rings (SSSR count). The van der Waals surface area contributed by atoms with E-state index >= 15 is 0 Å². The Morgan fingerprint density at radius 1 is 0.700 bits per heavy atom. The average molecular weight is 550 g/mol. The van der Waals surface area contributed by atoms with E-state index in [1.165, 1.54) is 96.3 Å². The molecule has 0 atom stereocenters. The standard InChI is InChI=1S/C35H55N3O2/c1-6-7-8-9-10-11-12-13-14-15-16-17-18-19-20-21-24-40-29-22-23-31-32(27-29)37-38(36-31)33-26-28(2)25-30(34(33)39)35(3,4)5/h22-23,25-27,39H,6-21,24H2,1-5H3. The smallest absolute Gasteiger partial charge is 0.146 e. The van der Waals surface area contributed by atoms with Gasteiger partial charge >= 0.3 is 0 Å². The molecule has 1 aromatic heterocycles. The van der Waals surface area contributed by atoms with Gasteiger partial charge in [0.1, 0.15) is 28.2 Å². The minimum absolute atomic E-state index is 0.175. The number of phenolic OH excluding ortho intramolecular Hbond substituents is 1. The summed E-state index contributed by atoms with van der Waals surface area (Å²) in [6, 6.07) is 9.82. The van der Waals surface area contributed by atoms with Gasteiger partial charge in [-0.05, 0) is 42.5 Å². The largest absolute Gasteiger partial charge is 0.505 e. The van der Waals surface area contributed by atoms with E-state index in [0.29, 0.717) is 5.69 Å². The van der Waals surface area contributed by atoms with Crippen molar-refractivity contribution in [3.8, 4) is 17.2 Å². The lowest BCUT2D eigenvalue weighted by atomic mass is 9.85. The first-order valence-corrected chi connectivity index (χ1v) is 16.1. The molecule has 0 aliphatic carbocycles. The summed E-state index contributed by atoms with van der Waals surface area (Å²) < 4.78 is 6.03. The van der Waals surface area contributed by atoms with Crippen molar-refractivity contribution in [3.05, 3.63) is 41.5 Å². The Bertz CT molecular complexity index is 1150. The van der Waals surface area contributed by atoms with Gasteiger partial charge in [-0.3, -0.25) is 0 Å². The third-order valence-electron chi connectivity index (χ3n) is 7.88. The lowest BCUT2D eigenvalue weighted by Gasteiger charge is -2.22. The van der Waals surface area contributed by atoms with Gasteiger partial charge in [0, 0.05) is 11.6 Å². The van der Waals surface area contributed by atoms with Crippen molar-refractivity contribution in [2.45, 2.75) is 143 Å². The van der Waals surface area contributed by atoms with Crippen LogP contribution in [-0.4, -0.2) is 26.7 Å². The van der Waals surface area contributed by atoms with Gasteiger partial charge in [-0.1, -0.05) is 130 Å². The fourth-order valence-electron chi connectivity index (χ4n) is 5.42. The number of ether oxygens (including phenoxy) is 1. The third-order valence-corrected chi connectivity index (χ3v) is 7.88. The Morgan fingerprint density at radius 2 is 1.23 bits per heavy atom. The highest BCUT2D eigenvalue weighted by Gasteiger charge is 2.22. The molecule has 3 aromatic rings. The molecule has 40 heavy (non-hydrogen) atoms. The Morgan fingerprint density at radius 3 is 1.77 bits per heavy atom. The van der Waals surface area contributed by atoms with Crippen LogP contribution in [0.4, 0.5) is 0 Å². The van der Waals surface area contributed by atoms with Crippen LogP contribution >= 0.6 is 0 Å². The van der Waals surface area contributed by atoms with E-state index in [-0.39, 0.29) is 11.2 Å². The molecule has 0 spiro atoms. The fraction of sp³-hybridized carbons (Fsp3) is 0.657. The molecular weight excluding hydrogens is 494 g/mol. The Hall–Kier alpha value is -2.56. The quantitative estimate of drug-likeness (QED) is 0.151. The summed E-state index contributed by atoms with van der Waals surface area (Å²) >= 11 is 0. The summed E-state index contributed by atoms with van der Waals surface area (Å²) in [5.74, 6) is 1.06. The van der Waals surface area contributed by atoms with Crippen LogP contribution < -0.4 is 4.74 Å². The van der Waals surface area contributed by atoms with Gasteiger partial charge in [0.2, 0.25) is 0 Å². The predicted molar refractivity (Wildman–Crippen MR) is 169 cm³/mol. The number of aryl methyl sites for hydroxylation is 1. The zero-order valence-corrected chi connectivity index (χ0v) is 26.1. The summed E-state index contributed by atoms with van der Waals surface area (Å²) in [6.45, 7) is 11.3. The molecule has 0 unspecified atom stereocenters. The van der Waals surface area contributed by atoms with Crippen molar-refractivity contribution in [3.63, 3.8) is 0 Å². The number of unbranched alkanes of at least 4 members (excludes halogenated alkanes) is 15. The second kappa shape index (κ2) is 16.6. The second-order valence-electron chi connectivity index (χ2n) is 12.7. The number of aromatic hydroxyl groups is 1. The maximum atomic E-state index is 11.0. The molecule has 0 aliphatic rings. The Labute approximate surface area is 243 Å². The van der Waals surface area contributed by atoms with Crippen LogP contribution in [0.3, 0.4) is 0 Å². The van der Waals surface area contributed by atoms with Crippen molar-refractivity contribution in [2.75, 3.05) is 6.61 Å². The van der Waals surface area contributed by atoms with Crippen molar-refractivity contribution in [2.24, 2.45) is 0 Å². The van der Waals surface area contributed by atoms with Gasteiger partial charge in [0.15, 0.2) is 0 Å². The predicted octanol–water partition coefficient (Wildman–Crippen LogP) is 10.4. The lowest BCUT2D eigenvalue weighted by molar-refractivity contribution is 0.304. The monoisotopic (exact) mass is 549 g/mol. The molecule has 0 saturated heterocycles. The highest BCUT2D eigenvalue weighted by Crippen LogP contribution is 2.36. The van der Waals surface area contributed by atoms with Crippen LogP contribution in [-0.2, 0) is 5.41 Å². The number of phenols is 1. The number of rotatable bonds is 19. The van der Waals surface area contributed by atoms with Gasteiger partial charge in [-0.2, -0.15) is 0 Å². The zero-order valence-electron chi connectivity index (χ0n) is 26.1. The highest BCUT2D eigenvalue weighted by atomic mass is 16.5. The number of hydrogen-bond acceptors (Lipinski definition) is 4. The van der Waals surface area contributed by atoms with E-state index in [1.54, 1.807) is 4.80 Å². The van der Waals surface area contributed by atoms with Gasteiger partial charge < -0.3 is 9.84 Å². The first kappa shape index (κ1) is 32.0. The molecule has 5 heteroatoms. The normalized spacial score (nSPS) is 11.9. The van der Waals surface area contributed by atoms with Crippen LogP contribution in [0.2, 0.25) is 0 Å². The van der Waals surface area contributed by atoms with Crippen LogP contribution in [0, 0.1) is 6.92 Å². The van der Waals surface area contributed by atoms with E-state index < -0.39 is 0 Å². The van der Waals surface area contributed by atoms with Crippen molar-refractivity contribution < 1.29 is 9.84 Å². The van der Waals surface area contributed by atoms with Crippen LogP contribution in [0.25, 0.3) is 16.7 Å². The number of benzene rings is 2. The molecule has 5 nitrogen and oxygen atoms in total. The van der Waals surface area contributed by atoms with Gasteiger partial charge in [-0.25, -0.2) is 0 Å². The molecule has 222 valence electrons. The fourth-order valence-corrected chi connectivity index (χ4v) is 5.42. The summed E-state index contributed by atoms with van der Waals surface area (Å²) in [7, 11) is 0. The molecule has 0 radical (unpaired) electrons. The molecule has 0 fully saturated rings. The van der Waals surface area contributed by atoms with Crippen LogP contribution in [0.5, 0.6) is 11.5 Å². The maximum Gasteiger partial charge on any atom is 0.146 e. The molecule has 1 heterocycles. The molecule has 0 aliphatic heterocycles. The summed E-state index contributed by atoms with van der Waals surface area (Å²) in [5.41, 5.74) is 3.95. The molecule has 0 saturated carbocycles. The van der Waals surface area contributed by atoms with Gasteiger partial charge in [-0.15, -0.1) is 15.0 Å². The van der Waals surface area contributed by atoms with Crippen LogP contribution in [0.15, 0.2) is 30.3 Å². The Balaban J connectivity index is 1.31. The topological polar surface area (TPSA) is 60.2 Å². The first-order chi connectivity index (χ1) is 19.3. The third kappa shape index (κ3) is 10.4. The summed E-state index contributed by atoms with van der Waals surface area (Å²) in [4.78, 5) is 1.54. The van der Waals surface area contributed by atoms with Crippen molar-refractivity contribution in [1.29, 1.82) is 0 Å². The molecule has 0 amide bonds. The van der Waals surface area contributed by atoms with E-state index in [9.17, 15) is 5.11 Å². The maximum absolute atomic E-state index is 11.0. The zero-order chi connectivity index (χ0) is 28.8. The molecular formula is C35H55N3O2. The van der Waals surface area contributed by atoms with E-state index in [4.69, 9.17) is 4.74 Å². The molecule has 1 N–H and O–H groups in total. The van der Waals surface area contributed by atoms with Crippen LogP contribution in [0.1, 0.15) is 142 Å². The van der Waals surface area contributed by atoms with Gasteiger partial charge in [0.25, 0.3) is 0 Å². The lowest BCUT2D eigenvalue weighted by Crippen LogP contribution is -2.13. The summed E-state index contributed by atoms with van der Waals surface area (Å²) in [5, 5.41) is 20.3. The second-order valence-corrected chi connectivity index (χ2v) is 12.7. The van der Waals surface area contributed by atoms with E-state index in [2.05, 4.69) is 37.9 Å². The highest BCUT2D eigenvalue weighted by molar-refractivity contribution is 5.76. The number of nitrogens with zero attached hydrogens (tertiary/aromatic N) is 3. The summed E-state index contributed by atoms with van der Waals surface area (Å²) in [6.07, 6.45) is 21.9. The van der Waals surface area contributed by atoms with Gasteiger partial charge in [0.05, 0.1) is 6.61 Å². The SMILES string of the molecule is CCCCCCCCCCCCCCCCCCOc1ccc2nn(-c3cc(C)cc(C(C)(C)C)c3O)nc2c1. The number of fused-ring (bicyclic) bond motifs is 1. The van der Waals surface area contributed by atoms with Crippen molar-refractivity contribution >= 4 is 11.0 Å². The minimum Gasteiger partial charge on any atom is -0.505 e. The van der Waals surface area contributed by atoms with E-state index in [0.717, 1.165) is 40.9 Å². The molecule has 0 bridgehead atoms. The number of hydrogen-bond donors (Lipinski definition) is 1. The average Bonchev–Trinajstić information content (AvgIpc) is 3.34. The first-order valence-electron chi connectivity index (χ1n) is 16.1. The number of aromatic nitrogens is 3. The minimum atomic E-state index is -0.175. The Kier molecular flexibility index (Phi) is 13.3.